The Morgan fingerprint density at radius 2 is 2.17 bits per heavy atom. The van der Waals surface area contributed by atoms with E-state index in [4.69, 9.17) is 0 Å². The number of carboxylic acids is 1. The molecule has 1 aromatic rings. The summed E-state index contributed by atoms with van der Waals surface area (Å²) in [5.41, 5.74) is 1.41. The Labute approximate surface area is 108 Å². The lowest BCUT2D eigenvalue weighted by atomic mass is 9.67. The van der Waals surface area contributed by atoms with Crippen LogP contribution in [0.3, 0.4) is 0 Å². The van der Waals surface area contributed by atoms with Crippen LogP contribution in [0.1, 0.15) is 62.0 Å². The first-order valence-electron chi connectivity index (χ1n) is 6.57. The normalized spacial score (nSPS) is 26.8. The molecular weight excluding hydrogens is 226 g/mol. The predicted octanol–water partition coefficient (Wildman–Crippen LogP) is 3.71. The minimum absolute atomic E-state index is 0.273. The first-order chi connectivity index (χ1) is 8.39. The summed E-state index contributed by atoms with van der Waals surface area (Å²) in [6.07, 6.45) is 4.97. The fraction of sp³-hybridized carbons (Fsp3) is 0.600. The van der Waals surface area contributed by atoms with Crippen LogP contribution in [0.2, 0.25) is 0 Å². The van der Waals surface area contributed by atoms with Crippen molar-refractivity contribution in [1.29, 1.82) is 0 Å². The summed E-state index contributed by atoms with van der Waals surface area (Å²) in [5.74, 6) is 0.0348. The molecule has 1 fully saturated rings. The Hall–Kier alpha value is -1.38. The molecule has 2 atom stereocenters. The van der Waals surface area contributed by atoms with Crippen molar-refractivity contribution < 1.29 is 9.90 Å². The molecule has 0 aromatic carbocycles. The van der Waals surface area contributed by atoms with E-state index >= 15 is 0 Å². The average Bonchev–Trinajstić information content (AvgIpc) is 2.26. The van der Waals surface area contributed by atoms with Gasteiger partial charge in [0, 0.05) is 12.1 Å². The molecule has 0 spiro atoms. The number of pyridine rings is 1. The maximum Gasteiger partial charge on any atom is 0.337 e. The highest BCUT2D eigenvalue weighted by Crippen LogP contribution is 2.46. The van der Waals surface area contributed by atoms with Crippen LogP contribution in [0, 0.1) is 11.3 Å². The number of aromatic nitrogens is 1. The maximum absolute atomic E-state index is 11.3. The molecule has 98 valence electrons. The summed E-state index contributed by atoms with van der Waals surface area (Å²) in [4.78, 5) is 15.6. The van der Waals surface area contributed by atoms with Gasteiger partial charge in [-0.1, -0.05) is 20.8 Å². The molecule has 0 bridgehead atoms. The van der Waals surface area contributed by atoms with E-state index in [0.717, 1.165) is 18.5 Å². The van der Waals surface area contributed by atoms with Gasteiger partial charge in [0.05, 0.1) is 11.3 Å². The highest BCUT2D eigenvalue weighted by Gasteiger charge is 2.34. The van der Waals surface area contributed by atoms with Crippen LogP contribution in [0.5, 0.6) is 0 Å². The largest absolute Gasteiger partial charge is 0.478 e. The molecule has 1 aliphatic rings. The molecule has 1 saturated carbocycles. The molecule has 2 rings (SSSR count). The zero-order chi connectivity index (χ0) is 13.3. The van der Waals surface area contributed by atoms with Crippen molar-refractivity contribution >= 4 is 5.97 Å². The first kappa shape index (κ1) is 13.1. The van der Waals surface area contributed by atoms with E-state index in [1.807, 2.05) is 0 Å². The van der Waals surface area contributed by atoms with Crippen molar-refractivity contribution in [3.8, 4) is 0 Å². The number of aromatic carboxylic acids is 1. The summed E-state index contributed by atoms with van der Waals surface area (Å²) in [7, 11) is 0. The molecule has 0 radical (unpaired) electrons. The molecule has 1 heterocycles. The number of nitrogens with zero attached hydrogens (tertiary/aromatic N) is 1. The molecule has 0 aliphatic heterocycles. The Morgan fingerprint density at radius 1 is 1.44 bits per heavy atom. The van der Waals surface area contributed by atoms with E-state index in [-0.39, 0.29) is 11.3 Å². The standard InChI is InChI=1S/C15H21NO2/c1-10-7-11(9-15(2,3)8-10)13-12(14(17)18)5-4-6-16-13/h4-6,10-11H,7-9H2,1-3H3,(H,17,18). The van der Waals surface area contributed by atoms with Crippen LogP contribution in [0.15, 0.2) is 18.3 Å². The molecule has 1 aliphatic carbocycles. The molecule has 2 unspecified atom stereocenters. The van der Waals surface area contributed by atoms with Gasteiger partial charge in [-0.05, 0) is 42.7 Å². The van der Waals surface area contributed by atoms with E-state index in [1.165, 1.54) is 6.42 Å². The summed E-state index contributed by atoms with van der Waals surface area (Å²) in [5, 5.41) is 9.25. The molecule has 18 heavy (non-hydrogen) atoms. The van der Waals surface area contributed by atoms with Crippen LogP contribution in [-0.2, 0) is 0 Å². The second-order valence-electron chi connectivity index (χ2n) is 6.35. The quantitative estimate of drug-likeness (QED) is 0.866. The zero-order valence-corrected chi connectivity index (χ0v) is 11.3. The van der Waals surface area contributed by atoms with Gasteiger partial charge >= 0.3 is 5.97 Å². The Bertz CT molecular complexity index is 454. The molecule has 0 amide bonds. The third-order valence-electron chi connectivity index (χ3n) is 3.84. The maximum atomic E-state index is 11.3. The third kappa shape index (κ3) is 2.71. The summed E-state index contributed by atoms with van der Waals surface area (Å²) >= 11 is 0. The van der Waals surface area contributed by atoms with Crippen LogP contribution in [-0.4, -0.2) is 16.1 Å². The molecule has 3 nitrogen and oxygen atoms in total. The van der Waals surface area contributed by atoms with Crippen molar-refractivity contribution in [3.63, 3.8) is 0 Å². The topological polar surface area (TPSA) is 50.2 Å². The van der Waals surface area contributed by atoms with Gasteiger partial charge in [-0.2, -0.15) is 0 Å². The Balaban J connectivity index is 2.34. The highest BCUT2D eigenvalue weighted by molar-refractivity contribution is 5.89. The predicted molar refractivity (Wildman–Crippen MR) is 70.7 cm³/mol. The lowest BCUT2D eigenvalue weighted by Crippen LogP contribution is -2.27. The second kappa shape index (κ2) is 4.71. The van der Waals surface area contributed by atoms with Gasteiger partial charge in [-0.15, -0.1) is 0 Å². The molecule has 0 saturated heterocycles. The SMILES string of the molecule is CC1CC(c2ncccc2C(=O)O)CC(C)(C)C1. The fourth-order valence-corrected chi connectivity index (χ4v) is 3.48. The highest BCUT2D eigenvalue weighted by atomic mass is 16.4. The van der Waals surface area contributed by atoms with E-state index in [0.29, 0.717) is 11.5 Å². The van der Waals surface area contributed by atoms with E-state index in [9.17, 15) is 9.90 Å². The van der Waals surface area contributed by atoms with E-state index < -0.39 is 5.97 Å². The van der Waals surface area contributed by atoms with Gasteiger partial charge in [0.25, 0.3) is 0 Å². The smallest absolute Gasteiger partial charge is 0.337 e. The van der Waals surface area contributed by atoms with Gasteiger partial charge in [-0.3, -0.25) is 4.98 Å². The van der Waals surface area contributed by atoms with Gasteiger partial charge in [-0.25, -0.2) is 4.79 Å². The lowest BCUT2D eigenvalue weighted by Gasteiger charge is -2.39. The summed E-state index contributed by atoms with van der Waals surface area (Å²) in [6, 6.07) is 3.36. The third-order valence-corrected chi connectivity index (χ3v) is 3.84. The van der Waals surface area contributed by atoms with Crippen LogP contribution < -0.4 is 0 Å². The number of carboxylic acid groups (broad SMARTS) is 1. The molecular formula is C15H21NO2. The zero-order valence-electron chi connectivity index (χ0n) is 11.3. The molecule has 1 aromatic heterocycles. The number of carbonyl (C=O) groups is 1. The number of hydrogen-bond donors (Lipinski definition) is 1. The lowest BCUT2D eigenvalue weighted by molar-refractivity contribution is 0.0691. The fourth-order valence-electron chi connectivity index (χ4n) is 3.48. The van der Waals surface area contributed by atoms with E-state index in [1.54, 1.807) is 18.3 Å². The minimum atomic E-state index is -0.867. The molecule has 1 N–H and O–H groups in total. The van der Waals surface area contributed by atoms with Crippen molar-refractivity contribution in [2.24, 2.45) is 11.3 Å². The summed E-state index contributed by atoms with van der Waals surface area (Å²) < 4.78 is 0. The average molecular weight is 247 g/mol. The molecule has 3 heteroatoms. The monoisotopic (exact) mass is 247 g/mol. The van der Waals surface area contributed by atoms with Crippen molar-refractivity contribution in [1.82, 2.24) is 4.98 Å². The van der Waals surface area contributed by atoms with Crippen LogP contribution >= 0.6 is 0 Å². The van der Waals surface area contributed by atoms with Crippen molar-refractivity contribution in [3.05, 3.63) is 29.6 Å². The Morgan fingerprint density at radius 3 is 2.78 bits per heavy atom. The van der Waals surface area contributed by atoms with Gasteiger partial charge in [0.2, 0.25) is 0 Å². The first-order valence-corrected chi connectivity index (χ1v) is 6.57. The van der Waals surface area contributed by atoms with Crippen molar-refractivity contribution in [2.45, 2.75) is 46.0 Å². The number of hydrogen-bond acceptors (Lipinski definition) is 2. The minimum Gasteiger partial charge on any atom is -0.478 e. The Kier molecular flexibility index (Phi) is 3.42. The van der Waals surface area contributed by atoms with Gasteiger partial charge < -0.3 is 5.11 Å². The number of rotatable bonds is 2. The van der Waals surface area contributed by atoms with Crippen molar-refractivity contribution in [2.75, 3.05) is 0 Å². The van der Waals surface area contributed by atoms with Gasteiger partial charge in [0.1, 0.15) is 0 Å². The van der Waals surface area contributed by atoms with Gasteiger partial charge in [0.15, 0.2) is 0 Å². The summed E-state index contributed by atoms with van der Waals surface area (Å²) in [6.45, 7) is 6.77. The second-order valence-corrected chi connectivity index (χ2v) is 6.35. The van der Waals surface area contributed by atoms with E-state index in [2.05, 4.69) is 25.8 Å². The van der Waals surface area contributed by atoms with Crippen LogP contribution in [0.4, 0.5) is 0 Å². The van der Waals surface area contributed by atoms with Crippen LogP contribution in [0.25, 0.3) is 0 Å².